The lowest BCUT2D eigenvalue weighted by atomic mass is 10.1. The lowest BCUT2D eigenvalue weighted by Crippen LogP contribution is -2.56. The number of nitrogens with zero attached hydrogens (tertiary/aromatic N) is 2. The van der Waals surface area contributed by atoms with Crippen LogP contribution in [-0.2, 0) is 24.0 Å². The summed E-state index contributed by atoms with van der Waals surface area (Å²) in [7, 11) is 0. The third-order valence-corrected chi connectivity index (χ3v) is 4.33. The first-order valence-electron chi connectivity index (χ1n) is 10.6. The summed E-state index contributed by atoms with van der Waals surface area (Å²) >= 11 is 0. The van der Waals surface area contributed by atoms with Crippen LogP contribution < -0.4 is 50.4 Å². The standard InChI is InChI=1S/C18H35N11O6/c19-9(3-1-5-25-17(21)22)14(33)29-11(7-12(20)30)16(35)28-10(4-2-6-26-18(23)24)15(34)27-8-13(31)32/h9-11H,1-8,19H2,(H2,20,30)(H,27,34)(H,28,35)(H,29,33)(H,31,32)(H4,21,22,25)(H4,23,24,26). The molecule has 17 heteroatoms. The Balaban J connectivity index is 5.27. The molecule has 0 saturated carbocycles. The van der Waals surface area contributed by atoms with Crippen molar-refractivity contribution in [1.29, 1.82) is 0 Å². The van der Waals surface area contributed by atoms with Crippen molar-refractivity contribution in [1.82, 2.24) is 16.0 Å². The number of carboxylic acids is 1. The zero-order chi connectivity index (χ0) is 27.0. The smallest absolute Gasteiger partial charge is 0.322 e. The van der Waals surface area contributed by atoms with E-state index in [9.17, 15) is 24.0 Å². The summed E-state index contributed by atoms with van der Waals surface area (Å²) in [5.41, 5.74) is 31.9. The molecule has 0 saturated heterocycles. The number of hydrogen-bond acceptors (Lipinski definition) is 8. The number of nitrogens with one attached hydrogen (secondary N) is 3. The first kappa shape index (κ1) is 30.8. The van der Waals surface area contributed by atoms with E-state index in [1.54, 1.807) is 0 Å². The first-order chi connectivity index (χ1) is 16.3. The van der Waals surface area contributed by atoms with E-state index < -0.39 is 60.7 Å². The summed E-state index contributed by atoms with van der Waals surface area (Å²) in [4.78, 5) is 67.3. The summed E-state index contributed by atoms with van der Waals surface area (Å²) in [6, 6.07) is -3.69. The molecule has 0 aliphatic carbocycles. The van der Waals surface area contributed by atoms with Gasteiger partial charge in [-0.05, 0) is 25.7 Å². The Hall–Kier alpha value is -4.15. The van der Waals surface area contributed by atoms with Crippen LogP contribution in [0.1, 0.15) is 32.1 Å². The second-order valence-electron chi connectivity index (χ2n) is 7.41. The summed E-state index contributed by atoms with van der Waals surface area (Å²) in [5.74, 6) is -4.91. The molecule has 0 radical (unpaired) electrons. The fourth-order valence-corrected chi connectivity index (χ4v) is 2.67. The van der Waals surface area contributed by atoms with Crippen LogP contribution in [0.4, 0.5) is 0 Å². The zero-order valence-corrected chi connectivity index (χ0v) is 19.2. The van der Waals surface area contributed by atoms with E-state index in [0.717, 1.165) is 0 Å². The quantitative estimate of drug-likeness (QED) is 0.0508. The molecular weight excluding hydrogens is 466 g/mol. The molecule has 16 N–H and O–H groups in total. The van der Waals surface area contributed by atoms with Gasteiger partial charge in [0.1, 0.15) is 18.6 Å². The highest BCUT2D eigenvalue weighted by molar-refractivity contribution is 5.95. The van der Waals surface area contributed by atoms with Crippen LogP contribution in [0, 0.1) is 0 Å². The normalized spacial score (nSPS) is 12.8. The van der Waals surface area contributed by atoms with Gasteiger partial charge in [-0.15, -0.1) is 0 Å². The molecule has 0 aromatic carbocycles. The highest BCUT2D eigenvalue weighted by Crippen LogP contribution is 2.03. The van der Waals surface area contributed by atoms with Gasteiger partial charge < -0.3 is 55.5 Å². The maximum Gasteiger partial charge on any atom is 0.322 e. The number of nitrogens with two attached hydrogens (primary N) is 6. The molecule has 0 aliphatic rings. The Labute approximate surface area is 201 Å². The third kappa shape index (κ3) is 15.3. The number of rotatable bonds is 17. The number of aliphatic imine (C=N–C) groups is 2. The predicted octanol–water partition coefficient (Wildman–Crippen LogP) is -5.53. The van der Waals surface area contributed by atoms with Gasteiger partial charge in [-0.3, -0.25) is 34.0 Å². The number of carboxylic acid groups (broad SMARTS) is 1. The van der Waals surface area contributed by atoms with Crippen LogP contribution >= 0.6 is 0 Å². The largest absolute Gasteiger partial charge is 0.480 e. The third-order valence-electron chi connectivity index (χ3n) is 4.33. The van der Waals surface area contributed by atoms with Crippen molar-refractivity contribution in [2.45, 2.75) is 50.2 Å². The van der Waals surface area contributed by atoms with E-state index in [-0.39, 0.29) is 44.3 Å². The van der Waals surface area contributed by atoms with Gasteiger partial charge in [0.2, 0.25) is 23.6 Å². The molecule has 198 valence electrons. The molecule has 17 nitrogen and oxygen atoms in total. The van der Waals surface area contributed by atoms with Gasteiger partial charge in [0.25, 0.3) is 0 Å². The molecule has 0 aliphatic heterocycles. The lowest BCUT2D eigenvalue weighted by molar-refractivity contribution is -0.138. The molecule has 3 atom stereocenters. The zero-order valence-electron chi connectivity index (χ0n) is 19.2. The molecule has 35 heavy (non-hydrogen) atoms. The van der Waals surface area contributed by atoms with Crippen LogP contribution in [0.15, 0.2) is 9.98 Å². The SMILES string of the molecule is NC(=O)CC(NC(=O)C(N)CCCN=C(N)N)C(=O)NC(CCCN=C(N)N)C(=O)NCC(=O)O. The average Bonchev–Trinajstić information content (AvgIpc) is 2.75. The van der Waals surface area contributed by atoms with E-state index in [0.29, 0.717) is 6.42 Å². The molecule has 0 heterocycles. The first-order valence-corrected chi connectivity index (χ1v) is 10.6. The second-order valence-corrected chi connectivity index (χ2v) is 7.41. The van der Waals surface area contributed by atoms with Crippen molar-refractivity contribution >= 4 is 41.5 Å². The molecular formula is C18H35N11O6. The molecule has 0 aromatic heterocycles. The Bertz CT molecular complexity index is 809. The molecule has 0 spiro atoms. The molecule has 0 bridgehead atoms. The second kappa shape index (κ2) is 16.5. The van der Waals surface area contributed by atoms with Gasteiger partial charge in [-0.1, -0.05) is 0 Å². The van der Waals surface area contributed by atoms with Crippen LogP contribution in [0.5, 0.6) is 0 Å². The summed E-state index contributed by atoms with van der Waals surface area (Å²) in [6.45, 7) is -0.312. The van der Waals surface area contributed by atoms with Crippen molar-refractivity contribution in [3.05, 3.63) is 0 Å². The molecule has 0 aromatic rings. The highest BCUT2D eigenvalue weighted by Gasteiger charge is 2.29. The van der Waals surface area contributed by atoms with Crippen molar-refractivity contribution < 1.29 is 29.1 Å². The number of guanidine groups is 2. The van der Waals surface area contributed by atoms with Crippen LogP contribution in [0.3, 0.4) is 0 Å². The van der Waals surface area contributed by atoms with Crippen LogP contribution in [0.2, 0.25) is 0 Å². The fourth-order valence-electron chi connectivity index (χ4n) is 2.67. The van der Waals surface area contributed by atoms with E-state index >= 15 is 0 Å². The van der Waals surface area contributed by atoms with Gasteiger partial charge in [-0.25, -0.2) is 0 Å². The van der Waals surface area contributed by atoms with E-state index in [2.05, 4.69) is 25.9 Å². The Morgan fingerprint density at radius 1 is 0.743 bits per heavy atom. The number of aliphatic carboxylic acids is 1. The predicted molar refractivity (Wildman–Crippen MR) is 126 cm³/mol. The number of amides is 4. The van der Waals surface area contributed by atoms with Gasteiger partial charge >= 0.3 is 5.97 Å². The highest BCUT2D eigenvalue weighted by atomic mass is 16.4. The Kier molecular flexibility index (Phi) is 14.5. The topological polar surface area (TPSA) is 323 Å². The Morgan fingerprint density at radius 3 is 1.74 bits per heavy atom. The molecule has 0 fully saturated rings. The van der Waals surface area contributed by atoms with E-state index in [1.807, 2.05) is 0 Å². The minimum absolute atomic E-state index is 0.0233. The monoisotopic (exact) mass is 501 g/mol. The summed E-state index contributed by atoms with van der Waals surface area (Å²) in [5, 5.41) is 15.6. The van der Waals surface area contributed by atoms with Crippen molar-refractivity contribution in [3.8, 4) is 0 Å². The van der Waals surface area contributed by atoms with Gasteiger partial charge in [0.05, 0.1) is 12.5 Å². The number of carbonyl (C=O) groups excluding carboxylic acids is 4. The van der Waals surface area contributed by atoms with Crippen LogP contribution in [0.25, 0.3) is 0 Å². The van der Waals surface area contributed by atoms with Gasteiger partial charge in [-0.2, -0.15) is 0 Å². The van der Waals surface area contributed by atoms with E-state index in [1.165, 1.54) is 0 Å². The summed E-state index contributed by atoms with van der Waals surface area (Å²) < 4.78 is 0. The van der Waals surface area contributed by atoms with Crippen molar-refractivity contribution in [2.24, 2.45) is 44.4 Å². The Morgan fingerprint density at radius 2 is 1.26 bits per heavy atom. The van der Waals surface area contributed by atoms with Gasteiger partial charge in [0.15, 0.2) is 11.9 Å². The maximum atomic E-state index is 12.8. The number of carbonyl (C=O) groups is 5. The number of primary amides is 1. The molecule has 3 unspecified atom stereocenters. The summed E-state index contributed by atoms with van der Waals surface area (Å²) in [6.07, 6.45) is 0.251. The lowest BCUT2D eigenvalue weighted by Gasteiger charge is -2.23. The molecule has 0 rings (SSSR count). The number of hydrogen-bond donors (Lipinski definition) is 10. The van der Waals surface area contributed by atoms with E-state index in [4.69, 9.17) is 39.5 Å². The minimum Gasteiger partial charge on any atom is -0.480 e. The van der Waals surface area contributed by atoms with Crippen molar-refractivity contribution in [3.63, 3.8) is 0 Å². The van der Waals surface area contributed by atoms with Crippen LogP contribution in [-0.4, -0.2) is 84.4 Å². The van der Waals surface area contributed by atoms with Crippen molar-refractivity contribution in [2.75, 3.05) is 19.6 Å². The average molecular weight is 502 g/mol. The van der Waals surface area contributed by atoms with Gasteiger partial charge in [0, 0.05) is 13.1 Å². The molecule has 4 amide bonds. The minimum atomic E-state index is -1.43. The fraction of sp³-hybridized carbons (Fsp3) is 0.611. The maximum absolute atomic E-state index is 12.8.